The van der Waals surface area contributed by atoms with E-state index in [2.05, 4.69) is 84.9 Å². The predicted molar refractivity (Wildman–Crippen MR) is 174 cm³/mol. The molecule has 2 N–H and O–H groups in total. The van der Waals surface area contributed by atoms with Gasteiger partial charge in [0.05, 0.1) is 5.41 Å². The summed E-state index contributed by atoms with van der Waals surface area (Å²) < 4.78 is 11.3. The maximum Gasteiger partial charge on any atom is 0.344 e. The van der Waals surface area contributed by atoms with Gasteiger partial charge in [-0.1, -0.05) is 84.9 Å². The summed E-state index contributed by atoms with van der Waals surface area (Å²) in [6.07, 6.45) is -1.90. The molecule has 6 heteroatoms. The molecule has 0 saturated heterocycles. The highest BCUT2D eigenvalue weighted by Gasteiger charge is 2.46. The molecule has 0 spiro atoms. The third-order valence-electron chi connectivity index (χ3n) is 8.76. The molecule has 0 saturated carbocycles. The lowest BCUT2D eigenvalue weighted by Gasteiger charge is -2.34. The summed E-state index contributed by atoms with van der Waals surface area (Å²) >= 11 is 0. The van der Waals surface area contributed by atoms with E-state index in [1.807, 2.05) is 36.4 Å². The number of fused-ring (bicyclic) bond motifs is 5. The third-order valence-corrected chi connectivity index (χ3v) is 8.76. The summed E-state index contributed by atoms with van der Waals surface area (Å²) in [5.41, 5.74) is 6.35. The molecule has 0 amide bonds. The van der Waals surface area contributed by atoms with Crippen molar-refractivity contribution in [2.75, 3.05) is 0 Å². The fraction of sp³-hybridized carbons (Fsp3) is 0.128. The fourth-order valence-electron chi connectivity index (χ4n) is 6.59. The Morgan fingerprint density at radius 1 is 0.533 bits per heavy atom. The van der Waals surface area contributed by atoms with Crippen LogP contribution in [0.1, 0.15) is 36.1 Å². The first-order chi connectivity index (χ1) is 21.8. The van der Waals surface area contributed by atoms with E-state index in [0.29, 0.717) is 11.5 Å². The zero-order valence-electron chi connectivity index (χ0n) is 24.7. The number of carboxylic acid groups (broad SMARTS) is 2. The highest BCUT2D eigenvalue weighted by molar-refractivity contribution is 5.92. The molecule has 0 aliphatic heterocycles. The van der Waals surface area contributed by atoms with Crippen LogP contribution in [0.3, 0.4) is 0 Å². The van der Waals surface area contributed by atoms with E-state index in [0.717, 1.165) is 32.7 Å². The lowest BCUT2D eigenvalue weighted by molar-refractivity contribution is -0.145. The van der Waals surface area contributed by atoms with Crippen LogP contribution in [0.5, 0.6) is 11.5 Å². The Balaban J connectivity index is 1.42. The molecule has 222 valence electrons. The number of benzene rings is 6. The van der Waals surface area contributed by atoms with Crippen molar-refractivity contribution in [2.24, 2.45) is 0 Å². The molecule has 0 heterocycles. The van der Waals surface area contributed by atoms with E-state index < -0.39 is 29.6 Å². The van der Waals surface area contributed by atoms with Crippen molar-refractivity contribution in [3.8, 4) is 22.6 Å². The molecule has 6 aromatic rings. The van der Waals surface area contributed by atoms with Crippen LogP contribution in [-0.4, -0.2) is 34.4 Å². The van der Waals surface area contributed by atoms with Gasteiger partial charge in [-0.25, -0.2) is 9.59 Å². The van der Waals surface area contributed by atoms with Gasteiger partial charge in [-0.15, -0.1) is 0 Å². The third kappa shape index (κ3) is 4.66. The Morgan fingerprint density at radius 3 is 1.33 bits per heavy atom. The van der Waals surface area contributed by atoms with Crippen LogP contribution in [-0.2, 0) is 15.0 Å². The highest BCUT2D eigenvalue weighted by atomic mass is 16.5. The molecule has 7 rings (SSSR count). The minimum absolute atomic E-state index is 0.507. The van der Waals surface area contributed by atoms with Gasteiger partial charge in [0.2, 0.25) is 0 Å². The van der Waals surface area contributed by atoms with Crippen LogP contribution in [0.2, 0.25) is 0 Å². The number of hydrogen-bond donors (Lipinski definition) is 2. The Morgan fingerprint density at radius 2 is 0.911 bits per heavy atom. The maximum absolute atomic E-state index is 11.3. The Bertz CT molecular complexity index is 1980. The average Bonchev–Trinajstić information content (AvgIpc) is 3.35. The molecule has 45 heavy (non-hydrogen) atoms. The van der Waals surface area contributed by atoms with Gasteiger partial charge < -0.3 is 19.7 Å². The molecule has 0 aromatic heterocycles. The topological polar surface area (TPSA) is 93.1 Å². The van der Waals surface area contributed by atoms with Crippen molar-refractivity contribution < 1.29 is 29.3 Å². The first-order valence-electron chi connectivity index (χ1n) is 14.8. The monoisotopic (exact) mass is 594 g/mol. The molecule has 6 aromatic carbocycles. The van der Waals surface area contributed by atoms with Crippen LogP contribution >= 0.6 is 0 Å². The fourth-order valence-corrected chi connectivity index (χ4v) is 6.59. The predicted octanol–water partition coefficient (Wildman–Crippen LogP) is 8.06. The second-order valence-corrected chi connectivity index (χ2v) is 11.5. The van der Waals surface area contributed by atoms with Crippen molar-refractivity contribution in [3.63, 3.8) is 0 Å². The first-order valence-corrected chi connectivity index (χ1v) is 14.8. The van der Waals surface area contributed by atoms with Crippen molar-refractivity contribution >= 4 is 33.5 Å². The van der Waals surface area contributed by atoms with Crippen molar-refractivity contribution in [1.29, 1.82) is 0 Å². The van der Waals surface area contributed by atoms with Crippen LogP contribution < -0.4 is 9.47 Å². The summed E-state index contributed by atoms with van der Waals surface area (Å²) in [6, 6.07) is 41.3. The molecule has 0 bridgehead atoms. The van der Waals surface area contributed by atoms with E-state index >= 15 is 0 Å². The van der Waals surface area contributed by atoms with Crippen molar-refractivity contribution in [2.45, 2.75) is 31.5 Å². The summed E-state index contributed by atoms with van der Waals surface area (Å²) in [7, 11) is 0. The standard InChI is InChI=1S/C39H30O6/c1-23(37(40)41)44-31-17-13-25-19-29(15-11-27(25)21-31)39(35-9-5-3-7-33(35)34-8-4-6-10-36(34)39)30-16-12-28-22-32(18-14-26(28)20-30)45-24(2)38(42)43/h3-24H,1-2H3,(H,40,41)(H,42,43). The number of aliphatic carboxylic acids is 2. The molecular formula is C39H30O6. The van der Waals surface area contributed by atoms with E-state index in [4.69, 9.17) is 9.47 Å². The quantitative estimate of drug-likeness (QED) is 0.185. The van der Waals surface area contributed by atoms with E-state index in [1.165, 1.54) is 36.1 Å². The molecule has 1 aliphatic rings. The van der Waals surface area contributed by atoms with Gasteiger partial charge in [0.15, 0.2) is 12.2 Å². The lowest BCUT2D eigenvalue weighted by Crippen LogP contribution is -2.28. The smallest absolute Gasteiger partial charge is 0.344 e. The van der Waals surface area contributed by atoms with Gasteiger partial charge in [-0.05, 0) is 105 Å². The molecular weight excluding hydrogens is 564 g/mol. The van der Waals surface area contributed by atoms with Gasteiger partial charge in [0.25, 0.3) is 0 Å². The average molecular weight is 595 g/mol. The van der Waals surface area contributed by atoms with Crippen LogP contribution in [0, 0.1) is 0 Å². The number of carbonyl (C=O) groups is 2. The largest absolute Gasteiger partial charge is 0.479 e. The highest BCUT2D eigenvalue weighted by Crippen LogP contribution is 2.56. The minimum Gasteiger partial charge on any atom is -0.479 e. The molecule has 0 radical (unpaired) electrons. The van der Waals surface area contributed by atoms with Gasteiger partial charge in [0, 0.05) is 0 Å². The zero-order valence-corrected chi connectivity index (χ0v) is 24.7. The summed E-state index contributed by atoms with van der Waals surface area (Å²) in [6.45, 7) is 3.03. The number of ether oxygens (including phenoxy) is 2. The number of hydrogen-bond acceptors (Lipinski definition) is 4. The van der Waals surface area contributed by atoms with Crippen LogP contribution in [0.25, 0.3) is 32.7 Å². The first kappa shape index (κ1) is 28.2. The lowest BCUT2D eigenvalue weighted by atomic mass is 9.67. The van der Waals surface area contributed by atoms with E-state index in [-0.39, 0.29) is 0 Å². The van der Waals surface area contributed by atoms with E-state index in [1.54, 1.807) is 0 Å². The Labute approximate surface area is 260 Å². The molecule has 6 nitrogen and oxygen atoms in total. The number of rotatable bonds is 8. The van der Waals surface area contributed by atoms with E-state index in [9.17, 15) is 19.8 Å². The Kier molecular flexibility index (Phi) is 6.78. The maximum atomic E-state index is 11.3. The normalized spacial score (nSPS) is 14.4. The molecule has 2 unspecified atom stereocenters. The molecule has 2 atom stereocenters. The van der Waals surface area contributed by atoms with Crippen molar-refractivity contribution in [3.05, 3.63) is 144 Å². The van der Waals surface area contributed by atoms with Gasteiger partial charge in [-0.2, -0.15) is 0 Å². The molecule has 0 fully saturated rings. The Hall–Kier alpha value is -5.62. The van der Waals surface area contributed by atoms with Gasteiger partial charge >= 0.3 is 11.9 Å². The zero-order chi connectivity index (χ0) is 31.3. The minimum atomic E-state index is -1.01. The van der Waals surface area contributed by atoms with Crippen molar-refractivity contribution in [1.82, 2.24) is 0 Å². The molecule has 1 aliphatic carbocycles. The SMILES string of the molecule is CC(Oc1ccc2cc(C3(c4ccc5cc(OC(C)C(=O)O)ccc5c4)c4ccccc4-c4ccccc43)ccc2c1)C(=O)O. The summed E-state index contributed by atoms with van der Waals surface area (Å²) in [5.74, 6) is -1.01. The van der Waals surface area contributed by atoms with Crippen LogP contribution in [0.15, 0.2) is 121 Å². The van der Waals surface area contributed by atoms with Crippen LogP contribution in [0.4, 0.5) is 0 Å². The number of carboxylic acids is 2. The summed E-state index contributed by atoms with van der Waals surface area (Å²) in [5, 5.41) is 22.5. The second-order valence-electron chi connectivity index (χ2n) is 11.5. The van der Waals surface area contributed by atoms with Gasteiger partial charge in [-0.3, -0.25) is 0 Å². The van der Waals surface area contributed by atoms with Gasteiger partial charge in [0.1, 0.15) is 11.5 Å². The summed E-state index contributed by atoms with van der Waals surface area (Å²) in [4.78, 5) is 22.7. The second kappa shape index (κ2) is 10.8.